The second-order valence-corrected chi connectivity index (χ2v) is 3.28. The molecule has 0 heterocycles. The van der Waals surface area contributed by atoms with Crippen LogP contribution >= 0.6 is 0 Å². The van der Waals surface area contributed by atoms with Crippen molar-refractivity contribution in [1.82, 2.24) is 10.9 Å². The minimum Gasteiger partial charge on any atom is -0.508 e. The lowest BCUT2D eigenvalue weighted by atomic mass is 10.1. The van der Waals surface area contributed by atoms with Crippen LogP contribution < -0.4 is 21.3 Å². The molecule has 1 aromatic carbocycles. The fourth-order valence-corrected chi connectivity index (χ4v) is 1.26. The monoisotopic (exact) mass is 240 g/mol. The number of aromatic hydroxyl groups is 1. The molecule has 0 amide bonds. The Bertz CT molecular complexity index is 395. The van der Waals surface area contributed by atoms with Gasteiger partial charge in [0.15, 0.2) is 0 Å². The van der Waals surface area contributed by atoms with E-state index in [0.29, 0.717) is 18.7 Å². The molecule has 17 heavy (non-hydrogen) atoms. The standard InChI is InChI=1S/C10H16N4O3/c1-17-8-3-2-7(9(15)6-8)4-5-12-13-10(11)14-16/h2-3,6,12,15-16H,4-5H2,1H3,(H3,11,13,14). The van der Waals surface area contributed by atoms with E-state index in [9.17, 15) is 5.11 Å². The van der Waals surface area contributed by atoms with Crippen LogP contribution in [-0.4, -0.2) is 29.9 Å². The number of hydrogen-bond acceptors (Lipinski definition) is 5. The van der Waals surface area contributed by atoms with Gasteiger partial charge in [-0.1, -0.05) is 11.2 Å². The predicted molar refractivity (Wildman–Crippen MR) is 62.9 cm³/mol. The maximum atomic E-state index is 9.66. The zero-order valence-corrected chi connectivity index (χ0v) is 9.47. The number of nitrogens with two attached hydrogens (primary N) is 1. The summed E-state index contributed by atoms with van der Waals surface area (Å²) in [7, 11) is 1.54. The van der Waals surface area contributed by atoms with E-state index in [4.69, 9.17) is 15.7 Å². The van der Waals surface area contributed by atoms with E-state index in [-0.39, 0.29) is 11.7 Å². The molecule has 0 bridgehead atoms. The first-order valence-corrected chi connectivity index (χ1v) is 4.99. The summed E-state index contributed by atoms with van der Waals surface area (Å²) in [6.07, 6.45) is 0.585. The molecule has 0 aromatic heterocycles. The number of nitrogens with zero attached hydrogens (tertiary/aromatic N) is 1. The Balaban J connectivity index is 2.42. The molecule has 0 radical (unpaired) electrons. The summed E-state index contributed by atoms with van der Waals surface area (Å²) in [6.45, 7) is 0.510. The molecule has 7 heteroatoms. The lowest BCUT2D eigenvalue weighted by Gasteiger charge is -2.08. The zero-order chi connectivity index (χ0) is 12.7. The molecule has 0 aliphatic heterocycles. The van der Waals surface area contributed by atoms with Crippen molar-refractivity contribution in [2.45, 2.75) is 6.42 Å². The quantitative estimate of drug-likeness (QED) is 0.159. The third-order valence-electron chi connectivity index (χ3n) is 2.14. The Morgan fingerprint density at radius 2 is 2.29 bits per heavy atom. The van der Waals surface area contributed by atoms with Crippen molar-refractivity contribution in [3.8, 4) is 11.5 Å². The number of guanidine groups is 1. The van der Waals surface area contributed by atoms with Crippen molar-refractivity contribution in [3.63, 3.8) is 0 Å². The summed E-state index contributed by atoms with van der Waals surface area (Å²) < 4.78 is 4.97. The first kappa shape index (κ1) is 12.9. The molecule has 0 aliphatic rings. The Morgan fingerprint density at radius 3 is 2.88 bits per heavy atom. The lowest BCUT2D eigenvalue weighted by Crippen LogP contribution is -2.43. The summed E-state index contributed by atoms with van der Waals surface area (Å²) in [6, 6.07) is 5.09. The lowest BCUT2D eigenvalue weighted by molar-refractivity contribution is 0.314. The number of phenols is 1. The number of benzene rings is 1. The zero-order valence-electron chi connectivity index (χ0n) is 9.47. The molecule has 0 fully saturated rings. The molecule has 1 rings (SSSR count). The number of nitrogens with one attached hydrogen (secondary N) is 2. The SMILES string of the molecule is COc1ccc(CCNN/C(N)=N/O)c(O)c1. The highest BCUT2D eigenvalue weighted by Crippen LogP contribution is 2.23. The van der Waals surface area contributed by atoms with Crippen molar-refractivity contribution in [2.24, 2.45) is 10.9 Å². The smallest absolute Gasteiger partial charge is 0.245 e. The fourth-order valence-electron chi connectivity index (χ4n) is 1.26. The van der Waals surface area contributed by atoms with Crippen molar-refractivity contribution >= 4 is 5.96 Å². The Hall–Kier alpha value is -2.15. The van der Waals surface area contributed by atoms with Crippen molar-refractivity contribution in [3.05, 3.63) is 23.8 Å². The van der Waals surface area contributed by atoms with Crippen LogP contribution in [0.3, 0.4) is 0 Å². The van der Waals surface area contributed by atoms with Crippen molar-refractivity contribution < 1.29 is 15.1 Å². The molecule has 94 valence electrons. The van der Waals surface area contributed by atoms with Gasteiger partial charge in [0.2, 0.25) is 5.96 Å². The summed E-state index contributed by atoms with van der Waals surface area (Å²) in [5, 5.41) is 20.6. The fraction of sp³-hybridized carbons (Fsp3) is 0.300. The summed E-state index contributed by atoms with van der Waals surface area (Å²) >= 11 is 0. The highest BCUT2D eigenvalue weighted by molar-refractivity contribution is 5.76. The van der Waals surface area contributed by atoms with Gasteiger partial charge in [-0.15, -0.1) is 0 Å². The number of hydrogen-bond donors (Lipinski definition) is 5. The topological polar surface area (TPSA) is 112 Å². The highest BCUT2D eigenvalue weighted by Gasteiger charge is 2.02. The molecule has 0 aliphatic carbocycles. The molecular weight excluding hydrogens is 224 g/mol. The molecule has 0 saturated carbocycles. The number of ether oxygens (including phenoxy) is 1. The molecule has 0 atom stereocenters. The second-order valence-electron chi connectivity index (χ2n) is 3.28. The number of oxime groups is 1. The van der Waals surface area contributed by atoms with Gasteiger partial charge in [-0.25, -0.2) is 5.43 Å². The highest BCUT2D eigenvalue weighted by atomic mass is 16.5. The Kier molecular flexibility index (Phi) is 4.89. The van der Waals surface area contributed by atoms with Gasteiger partial charge in [0.25, 0.3) is 0 Å². The van der Waals surface area contributed by atoms with Gasteiger partial charge in [0.05, 0.1) is 7.11 Å². The minimum absolute atomic E-state index is 0.121. The molecule has 6 N–H and O–H groups in total. The summed E-state index contributed by atoms with van der Waals surface area (Å²) in [5.74, 6) is 0.660. The molecule has 0 saturated heterocycles. The van der Waals surface area contributed by atoms with Gasteiger partial charge in [-0.2, -0.15) is 0 Å². The van der Waals surface area contributed by atoms with Gasteiger partial charge in [-0.05, 0) is 18.1 Å². The summed E-state index contributed by atoms with van der Waals surface area (Å²) in [4.78, 5) is 0. The first-order chi connectivity index (χ1) is 8.17. The molecule has 7 nitrogen and oxygen atoms in total. The van der Waals surface area contributed by atoms with E-state index in [1.54, 1.807) is 18.2 Å². The van der Waals surface area contributed by atoms with Gasteiger partial charge in [0.1, 0.15) is 11.5 Å². The van der Waals surface area contributed by atoms with Crippen LogP contribution in [0.5, 0.6) is 11.5 Å². The van der Waals surface area contributed by atoms with Crippen LogP contribution in [0, 0.1) is 0 Å². The van der Waals surface area contributed by atoms with Crippen LogP contribution in [0.25, 0.3) is 0 Å². The number of phenolic OH excluding ortho intramolecular Hbond substituents is 1. The average Bonchev–Trinajstić information content (AvgIpc) is 2.35. The Labute approximate surface area is 98.9 Å². The number of rotatable bonds is 5. The van der Waals surface area contributed by atoms with E-state index in [1.165, 1.54) is 7.11 Å². The van der Waals surface area contributed by atoms with Crippen LogP contribution in [0.15, 0.2) is 23.4 Å². The van der Waals surface area contributed by atoms with Crippen molar-refractivity contribution in [1.29, 1.82) is 0 Å². The van der Waals surface area contributed by atoms with E-state index in [2.05, 4.69) is 16.0 Å². The van der Waals surface area contributed by atoms with Crippen LogP contribution in [0.4, 0.5) is 0 Å². The Morgan fingerprint density at radius 1 is 1.53 bits per heavy atom. The van der Waals surface area contributed by atoms with Crippen LogP contribution in [0.1, 0.15) is 5.56 Å². The van der Waals surface area contributed by atoms with Crippen molar-refractivity contribution in [2.75, 3.05) is 13.7 Å². The van der Waals surface area contributed by atoms with Gasteiger partial charge < -0.3 is 20.8 Å². The molecule has 0 unspecified atom stereocenters. The van der Waals surface area contributed by atoms with E-state index in [0.717, 1.165) is 5.56 Å². The summed E-state index contributed by atoms with van der Waals surface area (Å²) in [5.41, 5.74) is 11.2. The van der Waals surface area contributed by atoms with Crippen LogP contribution in [-0.2, 0) is 6.42 Å². The maximum absolute atomic E-state index is 9.66. The largest absolute Gasteiger partial charge is 0.508 e. The normalized spacial score (nSPS) is 11.2. The third kappa shape index (κ3) is 4.07. The first-order valence-electron chi connectivity index (χ1n) is 4.99. The van der Waals surface area contributed by atoms with E-state index in [1.807, 2.05) is 0 Å². The van der Waals surface area contributed by atoms with Crippen LogP contribution in [0.2, 0.25) is 0 Å². The number of methoxy groups -OCH3 is 1. The molecule has 1 aromatic rings. The second kappa shape index (κ2) is 6.44. The van der Waals surface area contributed by atoms with Gasteiger partial charge in [0, 0.05) is 12.6 Å². The van der Waals surface area contributed by atoms with Gasteiger partial charge in [-0.3, -0.25) is 5.43 Å². The average molecular weight is 240 g/mol. The predicted octanol–water partition coefficient (Wildman–Crippen LogP) is -0.259. The van der Waals surface area contributed by atoms with E-state index >= 15 is 0 Å². The maximum Gasteiger partial charge on any atom is 0.245 e. The number of hydrazine groups is 1. The van der Waals surface area contributed by atoms with E-state index < -0.39 is 0 Å². The molecular formula is C10H16N4O3. The van der Waals surface area contributed by atoms with Gasteiger partial charge >= 0.3 is 0 Å². The molecule has 0 spiro atoms. The minimum atomic E-state index is -0.121. The third-order valence-corrected chi connectivity index (χ3v) is 2.14.